The van der Waals surface area contributed by atoms with Crippen LogP contribution in [-0.4, -0.2) is 16.5 Å². The molecule has 0 saturated heterocycles. The zero-order valence-electron chi connectivity index (χ0n) is 14.6. The Hall–Kier alpha value is -2.08. The molecule has 0 fully saturated rings. The number of benzene rings is 2. The molecule has 0 aliphatic rings. The van der Waals surface area contributed by atoms with Gasteiger partial charge in [0.25, 0.3) is 0 Å². The first-order chi connectivity index (χ1) is 13.2. The Labute approximate surface area is 171 Å². The zero-order chi connectivity index (χ0) is 18.6. The minimum Gasteiger partial charge on any atom is -0.460 e. The average Bonchev–Trinajstić information content (AvgIpc) is 3.28. The first-order valence-electron chi connectivity index (χ1n) is 8.87. The Morgan fingerprint density at radius 3 is 2.85 bits per heavy atom. The van der Waals surface area contributed by atoms with Gasteiger partial charge in [-0.05, 0) is 55.4 Å². The van der Waals surface area contributed by atoms with E-state index in [4.69, 9.17) is 16.0 Å². The van der Waals surface area contributed by atoms with Gasteiger partial charge < -0.3 is 14.7 Å². The molecule has 2 aromatic carbocycles. The lowest BCUT2D eigenvalue weighted by molar-refractivity contribution is 0.491. The van der Waals surface area contributed by atoms with Crippen molar-refractivity contribution in [1.82, 2.24) is 15.3 Å². The van der Waals surface area contributed by atoms with Crippen molar-refractivity contribution in [2.45, 2.75) is 19.4 Å². The number of furan rings is 1. The summed E-state index contributed by atoms with van der Waals surface area (Å²) in [4.78, 5) is 7.96. The van der Waals surface area contributed by atoms with E-state index in [0.717, 1.165) is 57.8 Å². The van der Waals surface area contributed by atoms with Crippen LogP contribution < -0.4 is 5.32 Å². The molecule has 27 heavy (non-hydrogen) atoms. The van der Waals surface area contributed by atoms with E-state index in [0.29, 0.717) is 11.6 Å². The van der Waals surface area contributed by atoms with Gasteiger partial charge in [0.15, 0.2) is 0 Å². The van der Waals surface area contributed by atoms with E-state index in [9.17, 15) is 0 Å². The SMILES string of the molecule is Clc1cc(Br)ccc1-c1ccc(CNCCCc2nc3ccccc3[nH]2)o1. The van der Waals surface area contributed by atoms with E-state index in [1.54, 1.807) is 0 Å². The monoisotopic (exact) mass is 443 g/mol. The predicted molar refractivity (Wildman–Crippen MR) is 113 cm³/mol. The van der Waals surface area contributed by atoms with Crippen LogP contribution in [0.15, 0.2) is 63.5 Å². The van der Waals surface area contributed by atoms with E-state index >= 15 is 0 Å². The van der Waals surface area contributed by atoms with E-state index in [1.165, 1.54) is 0 Å². The van der Waals surface area contributed by atoms with Gasteiger partial charge in [0.05, 0.1) is 22.6 Å². The fourth-order valence-corrected chi connectivity index (χ4v) is 3.79. The van der Waals surface area contributed by atoms with Crippen molar-refractivity contribution in [2.24, 2.45) is 0 Å². The smallest absolute Gasteiger partial charge is 0.135 e. The third-order valence-corrected chi connectivity index (χ3v) is 5.17. The maximum atomic E-state index is 6.29. The zero-order valence-corrected chi connectivity index (χ0v) is 17.0. The molecule has 2 aromatic heterocycles. The maximum absolute atomic E-state index is 6.29. The summed E-state index contributed by atoms with van der Waals surface area (Å²) in [6.45, 7) is 1.58. The van der Waals surface area contributed by atoms with E-state index < -0.39 is 0 Å². The number of nitrogens with one attached hydrogen (secondary N) is 2. The summed E-state index contributed by atoms with van der Waals surface area (Å²) in [7, 11) is 0. The largest absolute Gasteiger partial charge is 0.460 e. The molecular weight excluding hydrogens is 426 g/mol. The number of aromatic amines is 1. The molecule has 4 rings (SSSR count). The third-order valence-electron chi connectivity index (χ3n) is 4.36. The van der Waals surface area contributed by atoms with Gasteiger partial charge in [-0.15, -0.1) is 0 Å². The molecule has 2 heterocycles. The highest BCUT2D eigenvalue weighted by Crippen LogP contribution is 2.31. The molecule has 0 spiro atoms. The van der Waals surface area contributed by atoms with Crippen LogP contribution in [0.1, 0.15) is 18.0 Å². The Balaban J connectivity index is 1.26. The molecule has 0 aliphatic carbocycles. The summed E-state index contributed by atoms with van der Waals surface area (Å²) in [5.41, 5.74) is 3.02. The van der Waals surface area contributed by atoms with Crippen LogP contribution in [0.2, 0.25) is 5.02 Å². The van der Waals surface area contributed by atoms with Gasteiger partial charge in [0, 0.05) is 16.5 Å². The van der Waals surface area contributed by atoms with Crippen LogP contribution in [0, 0.1) is 0 Å². The van der Waals surface area contributed by atoms with Gasteiger partial charge >= 0.3 is 0 Å². The van der Waals surface area contributed by atoms with Crippen molar-refractivity contribution in [3.8, 4) is 11.3 Å². The van der Waals surface area contributed by atoms with Crippen molar-refractivity contribution in [3.63, 3.8) is 0 Å². The van der Waals surface area contributed by atoms with Crippen LogP contribution in [0.5, 0.6) is 0 Å². The van der Waals surface area contributed by atoms with Gasteiger partial charge in [0.1, 0.15) is 17.3 Å². The fourth-order valence-electron chi connectivity index (χ4n) is 3.02. The highest BCUT2D eigenvalue weighted by Gasteiger charge is 2.09. The molecule has 2 N–H and O–H groups in total. The molecule has 0 unspecified atom stereocenters. The predicted octanol–water partition coefficient (Wildman–Crippen LogP) is 5.96. The Kier molecular flexibility index (Phi) is 5.62. The summed E-state index contributed by atoms with van der Waals surface area (Å²) >= 11 is 9.71. The van der Waals surface area contributed by atoms with E-state index in [-0.39, 0.29) is 0 Å². The standard InChI is InChI=1S/C21H19BrClN3O/c22-14-7-9-16(17(23)12-14)20-10-8-15(27-20)13-24-11-3-6-21-25-18-4-1-2-5-19(18)26-21/h1-2,4-5,7-10,12,24H,3,6,11,13H2,(H,25,26). The molecule has 4 aromatic rings. The van der Waals surface area contributed by atoms with Gasteiger partial charge in [-0.25, -0.2) is 4.98 Å². The lowest BCUT2D eigenvalue weighted by atomic mass is 10.2. The Morgan fingerprint density at radius 1 is 1.11 bits per heavy atom. The summed E-state index contributed by atoms with van der Waals surface area (Å²) < 4.78 is 6.87. The highest BCUT2D eigenvalue weighted by atomic mass is 79.9. The fraction of sp³-hybridized carbons (Fsp3) is 0.190. The maximum Gasteiger partial charge on any atom is 0.135 e. The second-order valence-electron chi connectivity index (χ2n) is 6.37. The van der Waals surface area contributed by atoms with Crippen molar-refractivity contribution >= 4 is 38.6 Å². The quantitative estimate of drug-likeness (QED) is 0.346. The number of hydrogen-bond acceptors (Lipinski definition) is 3. The second-order valence-corrected chi connectivity index (χ2v) is 7.69. The average molecular weight is 445 g/mol. The Bertz CT molecular complexity index is 1020. The van der Waals surface area contributed by atoms with Crippen molar-refractivity contribution in [1.29, 1.82) is 0 Å². The number of aromatic nitrogens is 2. The summed E-state index contributed by atoms with van der Waals surface area (Å²) in [6.07, 6.45) is 1.92. The number of aryl methyl sites for hydroxylation is 1. The highest BCUT2D eigenvalue weighted by molar-refractivity contribution is 9.10. The van der Waals surface area contributed by atoms with Crippen LogP contribution in [0.4, 0.5) is 0 Å². The number of nitrogens with zero attached hydrogens (tertiary/aromatic N) is 1. The van der Waals surface area contributed by atoms with Gasteiger partial charge in [0.2, 0.25) is 0 Å². The second kappa shape index (κ2) is 8.30. The molecule has 0 bridgehead atoms. The molecule has 6 heteroatoms. The molecule has 4 nitrogen and oxygen atoms in total. The number of para-hydroxylation sites is 2. The number of rotatable bonds is 7. The van der Waals surface area contributed by atoms with Crippen LogP contribution in [0.3, 0.4) is 0 Å². The number of imidazole rings is 1. The van der Waals surface area contributed by atoms with Gasteiger partial charge in [-0.3, -0.25) is 0 Å². The van der Waals surface area contributed by atoms with Gasteiger partial charge in [-0.1, -0.05) is 39.7 Å². The Morgan fingerprint density at radius 2 is 2.00 bits per heavy atom. The molecule has 0 saturated carbocycles. The lowest BCUT2D eigenvalue weighted by Gasteiger charge is -2.03. The first-order valence-corrected chi connectivity index (χ1v) is 10.0. The van der Waals surface area contributed by atoms with Crippen molar-refractivity contribution in [3.05, 3.63) is 75.7 Å². The van der Waals surface area contributed by atoms with Crippen LogP contribution in [-0.2, 0) is 13.0 Å². The number of H-pyrrole nitrogens is 1. The van der Waals surface area contributed by atoms with Gasteiger partial charge in [-0.2, -0.15) is 0 Å². The summed E-state index contributed by atoms with van der Waals surface area (Å²) in [5, 5.41) is 4.09. The van der Waals surface area contributed by atoms with E-state index in [1.807, 2.05) is 48.5 Å². The third kappa shape index (κ3) is 4.43. The summed E-state index contributed by atoms with van der Waals surface area (Å²) in [6, 6.07) is 17.8. The molecule has 0 aliphatic heterocycles. The molecule has 0 radical (unpaired) electrons. The number of halogens is 2. The molecule has 138 valence electrons. The topological polar surface area (TPSA) is 53.9 Å². The van der Waals surface area contributed by atoms with Crippen molar-refractivity contribution in [2.75, 3.05) is 6.54 Å². The number of fused-ring (bicyclic) bond motifs is 1. The minimum absolute atomic E-state index is 0.670. The lowest BCUT2D eigenvalue weighted by Crippen LogP contribution is -2.15. The normalized spacial score (nSPS) is 11.3. The first kappa shape index (κ1) is 18.3. The number of hydrogen-bond donors (Lipinski definition) is 2. The minimum atomic E-state index is 0.670. The summed E-state index contributed by atoms with van der Waals surface area (Å²) in [5.74, 6) is 2.71. The van der Waals surface area contributed by atoms with Crippen molar-refractivity contribution < 1.29 is 4.42 Å². The molecular formula is C21H19BrClN3O. The molecule has 0 amide bonds. The van der Waals surface area contributed by atoms with E-state index in [2.05, 4.69) is 37.3 Å². The van der Waals surface area contributed by atoms with Crippen LogP contribution >= 0.6 is 27.5 Å². The van der Waals surface area contributed by atoms with Crippen LogP contribution in [0.25, 0.3) is 22.4 Å². The molecule has 0 atom stereocenters.